The van der Waals surface area contributed by atoms with Crippen LogP contribution >= 0.6 is 0 Å². The summed E-state index contributed by atoms with van der Waals surface area (Å²) in [5.74, 6) is 2.44. The average Bonchev–Trinajstić information content (AvgIpc) is 2.38. The molecule has 0 saturated carbocycles. The number of benzene rings is 1. The Hall–Kier alpha value is -1.22. The molecule has 18 heavy (non-hydrogen) atoms. The van der Waals surface area contributed by atoms with Gasteiger partial charge in [-0.1, -0.05) is 13.0 Å². The van der Waals surface area contributed by atoms with E-state index in [0.717, 1.165) is 24.0 Å². The van der Waals surface area contributed by atoms with Crippen LogP contribution in [0.5, 0.6) is 11.5 Å². The summed E-state index contributed by atoms with van der Waals surface area (Å²) in [7, 11) is 3.36. The highest BCUT2D eigenvalue weighted by atomic mass is 16.5. The Kier molecular flexibility index (Phi) is 4.48. The Balaban J connectivity index is 2.04. The molecule has 0 aromatic heterocycles. The van der Waals surface area contributed by atoms with E-state index in [9.17, 15) is 0 Å². The fourth-order valence-corrected chi connectivity index (χ4v) is 2.67. The Morgan fingerprint density at radius 1 is 1.22 bits per heavy atom. The zero-order valence-electron chi connectivity index (χ0n) is 11.6. The number of hydrogen-bond donors (Lipinski definition) is 0. The predicted molar refractivity (Wildman–Crippen MR) is 73.2 cm³/mol. The van der Waals surface area contributed by atoms with Crippen molar-refractivity contribution in [2.45, 2.75) is 26.3 Å². The lowest BCUT2D eigenvalue weighted by Crippen LogP contribution is -2.33. The van der Waals surface area contributed by atoms with Crippen molar-refractivity contribution < 1.29 is 9.47 Å². The first-order valence-electron chi connectivity index (χ1n) is 6.66. The molecule has 0 bridgehead atoms. The molecule has 1 fully saturated rings. The van der Waals surface area contributed by atoms with E-state index in [0.29, 0.717) is 0 Å². The molecule has 0 radical (unpaired) electrons. The van der Waals surface area contributed by atoms with Gasteiger partial charge in [0.1, 0.15) is 0 Å². The van der Waals surface area contributed by atoms with Gasteiger partial charge in [-0.25, -0.2) is 0 Å². The summed E-state index contributed by atoms with van der Waals surface area (Å²) in [5, 5.41) is 0. The van der Waals surface area contributed by atoms with Crippen molar-refractivity contribution in [1.29, 1.82) is 0 Å². The monoisotopic (exact) mass is 249 g/mol. The Bertz CT molecular complexity index is 392. The number of piperidine rings is 1. The standard InChI is InChI=1S/C15H23NO2/c1-12-5-4-8-16(10-12)11-13-6-7-14(17-2)15(9-13)18-3/h6-7,9,12H,4-5,8,10-11H2,1-3H3. The third-order valence-electron chi connectivity index (χ3n) is 3.60. The lowest BCUT2D eigenvalue weighted by molar-refractivity contribution is 0.176. The maximum atomic E-state index is 5.34. The van der Waals surface area contributed by atoms with Gasteiger partial charge in [-0.15, -0.1) is 0 Å². The summed E-state index contributed by atoms with van der Waals surface area (Å²) in [6.07, 6.45) is 2.68. The van der Waals surface area contributed by atoms with Crippen LogP contribution in [0, 0.1) is 5.92 Å². The van der Waals surface area contributed by atoms with E-state index in [1.807, 2.05) is 6.07 Å². The number of methoxy groups -OCH3 is 2. The summed E-state index contributed by atoms with van der Waals surface area (Å²) in [4.78, 5) is 2.52. The van der Waals surface area contributed by atoms with Crippen LogP contribution in [-0.2, 0) is 6.54 Å². The highest BCUT2D eigenvalue weighted by Gasteiger charge is 2.16. The highest BCUT2D eigenvalue weighted by molar-refractivity contribution is 5.42. The van der Waals surface area contributed by atoms with Crippen molar-refractivity contribution in [1.82, 2.24) is 4.90 Å². The molecule has 1 aromatic rings. The fraction of sp³-hybridized carbons (Fsp3) is 0.600. The predicted octanol–water partition coefficient (Wildman–Crippen LogP) is 2.94. The molecule has 3 nitrogen and oxygen atoms in total. The van der Waals surface area contributed by atoms with Gasteiger partial charge in [0.25, 0.3) is 0 Å². The summed E-state index contributed by atoms with van der Waals surface area (Å²) in [5.41, 5.74) is 1.29. The first-order valence-corrected chi connectivity index (χ1v) is 6.66. The van der Waals surface area contributed by atoms with Crippen LogP contribution in [0.1, 0.15) is 25.3 Å². The van der Waals surface area contributed by atoms with Crippen molar-refractivity contribution in [3.05, 3.63) is 23.8 Å². The van der Waals surface area contributed by atoms with E-state index in [1.54, 1.807) is 14.2 Å². The van der Waals surface area contributed by atoms with Crippen molar-refractivity contribution in [2.75, 3.05) is 27.3 Å². The second kappa shape index (κ2) is 6.10. The van der Waals surface area contributed by atoms with Gasteiger partial charge in [-0.2, -0.15) is 0 Å². The van der Waals surface area contributed by atoms with Crippen molar-refractivity contribution >= 4 is 0 Å². The Morgan fingerprint density at radius 3 is 2.67 bits per heavy atom. The second-order valence-corrected chi connectivity index (χ2v) is 5.17. The van der Waals surface area contributed by atoms with Crippen LogP contribution in [-0.4, -0.2) is 32.2 Å². The third kappa shape index (κ3) is 3.16. The molecule has 0 aliphatic carbocycles. The molecule has 0 amide bonds. The van der Waals surface area contributed by atoms with Gasteiger partial charge < -0.3 is 9.47 Å². The summed E-state index contributed by atoms with van der Waals surface area (Å²) >= 11 is 0. The molecular formula is C15H23NO2. The number of hydrogen-bond acceptors (Lipinski definition) is 3. The zero-order chi connectivity index (χ0) is 13.0. The summed E-state index contributed by atoms with van der Waals surface area (Å²) < 4.78 is 10.6. The SMILES string of the molecule is COc1ccc(CN2CCCC(C)C2)cc1OC. The van der Waals surface area contributed by atoms with Gasteiger partial charge in [0.05, 0.1) is 14.2 Å². The molecule has 3 heteroatoms. The minimum atomic E-state index is 0.799. The van der Waals surface area contributed by atoms with E-state index in [4.69, 9.17) is 9.47 Å². The Morgan fingerprint density at radius 2 is 2.00 bits per heavy atom. The molecule has 1 aliphatic heterocycles. The van der Waals surface area contributed by atoms with Gasteiger partial charge in [0, 0.05) is 13.1 Å². The average molecular weight is 249 g/mol. The first kappa shape index (κ1) is 13.2. The van der Waals surface area contributed by atoms with Gasteiger partial charge >= 0.3 is 0 Å². The number of nitrogens with zero attached hydrogens (tertiary/aromatic N) is 1. The molecule has 0 N–H and O–H groups in total. The Labute approximate surface area is 110 Å². The maximum Gasteiger partial charge on any atom is 0.161 e. The fourth-order valence-electron chi connectivity index (χ4n) is 2.67. The molecule has 100 valence electrons. The minimum Gasteiger partial charge on any atom is -0.493 e. The molecule has 1 aromatic carbocycles. The van der Waals surface area contributed by atoms with Crippen molar-refractivity contribution in [3.63, 3.8) is 0 Å². The second-order valence-electron chi connectivity index (χ2n) is 5.17. The largest absolute Gasteiger partial charge is 0.493 e. The molecule has 1 saturated heterocycles. The topological polar surface area (TPSA) is 21.7 Å². The lowest BCUT2D eigenvalue weighted by atomic mass is 10.00. The van der Waals surface area contributed by atoms with Gasteiger partial charge in [-0.3, -0.25) is 4.90 Å². The quantitative estimate of drug-likeness (QED) is 0.819. The number of likely N-dealkylation sites (tertiary alicyclic amines) is 1. The van der Waals surface area contributed by atoms with Crippen LogP contribution in [0.15, 0.2) is 18.2 Å². The van der Waals surface area contributed by atoms with Gasteiger partial charge in [0.15, 0.2) is 11.5 Å². The molecule has 1 heterocycles. The van der Waals surface area contributed by atoms with E-state index >= 15 is 0 Å². The van der Waals surface area contributed by atoms with Crippen LogP contribution in [0.4, 0.5) is 0 Å². The third-order valence-corrected chi connectivity index (χ3v) is 3.60. The van der Waals surface area contributed by atoms with Crippen molar-refractivity contribution in [2.24, 2.45) is 5.92 Å². The smallest absolute Gasteiger partial charge is 0.161 e. The van der Waals surface area contributed by atoms with Crippen LogP contribution in [0.2, 0.25) is 0 Å². The van der Waals surface area contributed by atoms with E-state index in [-0.39, 0.29) is 0 Å². The number of ether oxygens (including phenoxy) is 2. The number of rotatable bonds is 4. The van der Waals surface area contributed by atoms with Crippen LogP contribution < -0.4 is 9.47 Å². The highest BCUT2D eigenvalue weighted by Crippen LogP contribution is 2.28. The van der Waals surface area contributed by atoms with Gasteiger partial charge in [-0.05, 0) is 43.0 Å². The normalized spacial score (nSPS) is 20.7. The van der Waals surface area contributed by atoms with E-state index < -0.39 is 0 Å². The summed E-state index contributed by atoms with van der Waals surface area (Å²) in [6, 6.07) is 6.19. The molecule has 1 unspecified atom stereocenters. The molecule has 0 spiro atoms. The zero-order valence-corrected chi connectivity index (χ0v) is 11.6. The van der Waals surface area contributed by atoms with Crippen molar-refractivity contribution in [3.8, 4) is 11.5 Å². The molecule has 1 atom stereocenters. The molecule has 1 aliphatic rings. The molecular weight excluding hydrogens is 226 g/mol. The van der Waals surface area contributed by atoms with Gasteiger partial charge in [0.2, 0.25) is 0 Å². The van der Waals surface area contributed by atoms with E-state index in [1.165, 1.54) is 31.5 Å². The summed E-state index contributed by atoms with van der Waals surface area (Å²) in [6.45, 7) is 5.75. The van der Waals surface area contributed by atoms with E-state index in [2.05, 4.69) is 24.0 Å². The van der Waals surface area contributed by atoms with Crippen LogP contribution in [0.25, 0.3) is 0 Å². The minimum absolute atomic E-state index is 0.799. The first-order chi connectivity index (χ1) is 8.72. The maximum absolute atomic E-state index is 5.34. The lowest BCUT2D eigenvalue weighted by Gasteiger charge is -2.30. The molecule has 2 rings (SSSR count). The van der Waals surface area contributed by atoms with Crippen LogP contribution in [0.3, 0.4) is 0 Å².